The molecule has 2 aromatic carbocycles. The summed E-state index contributed by atoms with van der Waals surface area (Å²) in [4.78, 5) is 10.7. The van der Waals surface area contributed by atoms with Crippen LogP contribution in [0.15, 0.2) is 59.3 Å². The highest BCUT2D eigenvalue weighted by atomic mass is 19.1. The van der Waals surface area contributed by atoms with Crippen molar-refractivity contribution in [3.05, 3.63) is 66.2 Å². The molecule has 0 fully saturated rings. The minimum absolute atomic E-state index is 0.238. The molecule has 114 valence electrons. The van der Waals surface area contributed by atoms with E-state index in [-0.39, 0.29) is 5.82 Å². The van der Waals surface area contributed by atoms with Gasteiger partial charge in [-0.2, -0.15) is 0 Å². The molecule has 0 unspecified atom stereocenters. The number of anilines is 1. The number of rotatable bonds is 3. The van der Waals surface area contributed by atoms with E-state index in [0.717, 1.165) is 27.9 Å². The van der Waals surface area contributed by atoms with Crippen LogP contribution in [0.5, 0.6) is 0 Å². The number of aromatic nitrogens is 2. The smallest absolute Gasteiger partial charge is 0.196 e. The number of benzene rings is 2. The van der Waals surface area contributed by atoms with Crippen LogP contribution >= 0.6 is 0 Å². The SMILES string of the molecule is CN(Cc1ccc(F)cc1)c1ncnc2c1oc1ccccc12. The Labute approximate surface area is 132 Å². The Bertz CT molecular complexity index is 979. The molecule has 0 atom stereocenters. The topological polar surface area (TPSA) is 42.2 Å². The first-order valence-corrected chi connectivity index (χ1v) is 7.30. The maximum atomic E-state index is 13.0. The molecule has 0 saturated heterocycles. The molecule has 4 aromatic rings. The van der Waals surface area contributed by atoms with E-state index in [9.17, 15) is 4.39 Å². The third-order valence-electron chi connectivity index (χ3n) is 3.83. The van der Waals surface area contributed by atoms with E-state index < -0.39 is 0 Å². The number of halogens is 1. The summed E-state index contributed by atoms with van der Waals surface area (Å²) in [5.41, 5.74) is 3.26. The number of hydrogen-bond acceptors (Lipinski definition) is 4. The maximum absolute atomic E-state index is 13.0. The van der Waals surface area contributed by atoms with Crippen molar-refractivity contribution in [2.75, 3.05) is 11.9 Å². The zero-order chi connectivity index (χ0) is 15.8. The van der Waals surface area contributed by atoms with Crippen molar-refractivity contribution >= 4 is 27.9 Å². The van der Waals surface area contributed by atoms with Gasteiger partial charge in [0.25, 0.3) is 0 Å². The van der Waals surface area contributed by atoms with Gasteiger partial charge >= 0.3 is 0 Å². The lowest BCUT2D eigenvalue weighted by Gasteiger charge is -2.17. The Morgan fingerprint density at radius 2 is 1.83 bits per heavy atom. The van der Waals surface area contributed by atoms with Gasteiger partial charge in [-0.3, -0.25) is 0 Å². The van der Waals surface area contributed by atoms with Gasteiger partial charge in [-0.05, 0) is 29.8 Å². The molecule has 0 aliphatic carbocycles. The highest BCUT2D eigenvalue weighted by Gasteiger charge is 2.15. The lowest BCUT2D eigenvalue weighted by atomic mass is 10.2. The highest BCUT2D eigenvalue weighted by molar-refractivity contribution is 6.05. The maximum Gasteiger partial charge on any atom is 0.196 e. The molecule has 0 aliphatic heterocycles. The van der Waals surface area contributed by atoms with Crippen molar-refractivity contribution in [1.29, 1.82) is 0 Å². The van der Waals surface area contributed by atoms with Gasteiger partial charge in [-0.15, -0.1) is 0 Å². The number of furan rings is 1. The molecule has 5 heteroatoms. The second-order valence-electron chi connectivity index (χ2n) is 5.46. The molecule has 23 heavy (non-hydrogen) atoms. The molecule has 2 aromatic heterocycles. The monoisotopic (exact) mass is 307 g/mol. The molecule has 0 aliphatic rings. The van der Waals surface area contributed by atoms with Gasteiger partial charge in [0.15, 0.2) is 11.4 Å². The van der Waals surface area contributed by atoms with Crippen LogP contribution in [0.4, 0.5) is 10.2 Å². The van der Waals surface area contributed by atoms with Gasteiger partial charge in [0.1, 0.15) is 23.2 Å². The normalized spacial score (nSPS) is 11.2. The molecule has 0 saturated carbocycles. The van der Waals surface area contributed by atoms with Crippen molar-refractivity contribution in [3.8, 4) is 0 Å². The Kier molecular flexibility index (Phi) is 3.19. The molecule has 2 heterocycles. The quantitative estimate of drug-likeness (QED) is 0.570. The summed E-state index contributed by atoms with van der Waals surface area (Å²) in [5.74, 6) is 0.480. The van der Waals surface area contributed by atoms with Crippen LogP contribution in [0, 0.1) is 5.82 Å². The van der Waals surface area contributed by atoms with Crippen LogP contribution < -0.4 is 4.90 Å². The summed E-state index contributed by atoms with van der Waals surface area (Å²) in [7, 11) is 1.93. The van der Waals surface area contributed by atoms with Gasteiger partial charge in [0.05, 0.1) is 0 Å². The van der Waals surface area contributed by atoms with E-state index in [2.05, 4.69) is 9.97 Å². The molecule has 0 amide bonds. The number of para-hydroxylation sites is 1. The molecule has 0 radical (unpaired) electrons. The number of nitrogens with zero attached hydrogens (tertiary/aromatic N) is 3. The van der Waals surface area contributed by atoms with Crippen LogP contribution in [0.2, 0.25) is 0 Å². The largest absolute Gasteiger partial charge is 0.450 e. The minimum atomic E-state index is -0.238. The Balaban J connectivity index is 1.77. The summed E-state index contributed by atoms with van der Waals surface area (Å²) in [6.45, 7) is 0.601. The Morgan fingerprint density at radius 1 is 1.04 bits per heavy atom. The average molecular weight is 307 g/mol. The van der Waals surface area contributed by atoms with E-state index in [1.54, 1.807) is 18.5 Å². The fourth-order valence-electron chi connectivity index (χ4n) is 2.72. The highest BCUT2D eigenvalue weighted by Crippen LogP contribution is 2.32. The second kappa shape index (κ2) is 5.35. The standard InChI is InChI=1S/C18H14FN3O/c1-22(10-12-6-8-13(19)9-7-12)18-17-16(20-11-21-18)14-4-2-3-5-15(14)23-17/h2-9,11H,10H2,1H3. The van der Waals surface area contributed by atoms with Crippen molar-refractivity contribution in [3.63, 3.8) is 0 Å². The van der Waals surface area contributed by atoms with Crippen molar-refractivity contribution < 1.29 is 8.81 Å². The summed E-state index contributed by atoms with van der Waals surface area (Å²) in [5, 5.41) is 0.973. The zero-order valence-electron chi connectivity index (χ0n) is 12.5. The average Bonchev–Trinajstić information content (AvgIpc) is 2.95. The lowest BCUT2D eigenvalue weighted by Crippen LogP contribution is -2.18. The van der Waals surface area contributed by atoms with E-state index in [4.69, 9.17) is 4.42 Å². The van der Waals surface area contributed by atoms with Gasteiger partial charge < -0.3 is 9.32 Å². The predicted octanol–water partition coefficient (Wildman–Crippen LogP) is 4.15. The first kappa shape index (κ1) is 13.7. The number of fused-ring (bicyclic) bond motifs is 3. The van der Waals surface area contributed by atoms with E-state index in [0.29, 0.717) is 12.1 Å². The summed E-state index contributed by atoms with van der Waals surface area (Å²) in [6, 6.07) is 14.2. The second-order valence-corrected chi connectivity index (χ2v) is 5.46. The fourth-order valence-corrected chi connectivity index (χ4v) is 2.72. The molecule has 0 bridgehead atoms. The van der Waals surface area contributed by atoms with Crippen molar-refractivity contribution in [2.45, 2.75) is 6.54 Å². The van der Waals surface area contributed by atoms with E-state index in [1.807, 2.05) is 36.2 Å². The van der Waals surface area contributed by atoms with Crippen LogP contribution in [0.1, 0.15) is 5.56 Å². The summed E-state index contributed by atoms with van der Waals surface area (Å²) in [6.07, 6.45) is 1.54. The van der Waals surface area contributed by atoms with Crippen LogP contribution in [-0.4, -0.2) is 17.0 Å². The Hall–Kier alpha value is -2.95. The zero-order valence-corrected chi connectivity index (χ0v) is 12.5. The van der Waals surface area contributed by atoms with Gasteiger partial charge in [-0.1, -0.05) is 24.3 Å². The van der Waals surface area contributed by atoms with E-state index in [1.165, 1.54) is 12.1 Å². The van der Waals surface area contributed by atoms with Gasteiger partial charge in [0.2, 0.25) is 0 Å². The molecule has 0 N–H and O–H groups in total. The minimum Gasteiger partial charge on any atom is -0.450 e. The lowest BCUT2D eigenvalue weighted by molar-refractivity contribution is 0.626. The van der Waals surface area contributed by atoms with Crippen LogP contribution in [-0.2, 0) is 6.54 Å². The third-order valence-corrected chi connectivity index (χ3v) is 3.83. The number of hydrogen-bond donors (Lipinski definition) is 0. The van der Waals surface area contributed by atoms with Crippen LogP contribution in [0.25, 0.3) is 22.1 Å². The Morgan fingerprint density at radius 3 is 2.65 bits per heavy atom. The fraction of sp³-hybridized carbons (Fsp3) is 0.111. The van der Waals surface area contributed by atoms with Gasteiger partial charge in [0, 0.05) is 19.0 Å². The predicted molar refractivity (Wildman–Crippen MR) is 87.8 cm³/mol. The van der Waals surface area contributed by atoms with Crippen molar-refractivity contribution in [1.82, 2.24) is 9.97 Å². The first-order chi connectivity index (χ1) is 11.2. The van der Waals surface area contributed by atoms with Gasteiger partial charge in [-0.25, -0.2) is 14.4 Å². The molecule has 4 nitrogen and oxygen atoms in total. The summed E-state index contributed by atoms with van der Waals surface area (Å²) < 4.78 is 19.0. The first-order valence-electron chi connectivity index (χ1n) is 7.30. The van der Waals surface area contributed by atoms with Crippen molar-refractivity contribution in [2.24, 2.45) is 0 Å². The molecule has 0 spiro atoms. The molecule has 4 rings (SSSR count). The molecular weight excluding hydrogens is 293 g/mol. The third kappa shape index (κ3) is 2.40. The molecular formula is C18H14FN3O. The summed E-state index contributed by atoms with van der Waals surface area (Å²) >= 11 is 0. The van der Waals surface area contributed by atoms with Crippen LogP contribution in [0.3, 0.4) is 0 Å². The van der Waals surface area contributed by atoms with E-state index >= 15 is 0 Å².